The molecule has 6 heteroatoms. The summed E-state index contributed by atoms with van der Waals surface area (Å²) in [6.45, 7) is 0.437. The standard InChI is InChI=1S/C22H20ClNO4/c1-26-20-11-16(12-21(13-20)27-2)22(25)24-18-7-9-19(10-8-18)28-14-15-3-5-17(23)6-4-15/h3-13H,14H2,1-2H3,(H,24,25). The van der Waals surface area contributed by atoms with E-state index < -0.39 is 0 Å². The first-order valence-electron chi connectivity index (χ1n) is 8.59. The number of ether oxygens (including phenoxy) is 3. The van der Waals surface area contributed by atoms with Gasteiger partial charge in [-0.2, -0.15) is 0 Å². The van der Waals surface area contributed by atoms with Crippen LogP contribution in [-0.4, -0.2) is 20.1 Å². The van der Waals surface area contributed by atoms with Crippen LogP contribution in [0.4, 0.5) is 5.69 Å². The predicted octanol–water partition coefficient (Wildman–Crippen LogP) is 5.19. The molecule has 0 unspecified atom stereocenters. The number of carbonyl (C=O) groups excluding carboxylic acids is 1. The van der Waals surface area contributed by atoms with E-state index in [0.717, 1.165) is 5.56 Å². The van der Waals surface area contributed by atoms with Crippen LogP contribution in [0.3, 0.4) is 0 Å². The fraction of sp³-hybridized carbons (Fsp3) is 0.136. The number of benzene rings is 3. The van der Waals surface area contributed by atoms with Gasteiger partial charge in [0.1, 0.15) is 23.9 Å². The summed E-state index contributed by atoms with van der Waals surface area (Å²) in [5.74, 6) is 1.55. The molecule has 0 saturated heterocycles. The Hall–Kier alpha value is -3.18. The molecular weight excluding hydrogens is 378 g/mol. The van der Waals surface area contributed by atoms with E-state index in [4.69, 9.17) is 25.8 Å². The van der Waals surface area contributed by atoms with Crippen molar-refractivity contribution < 1.29 is 19.0 Å². The molecule has 0 spiro atoms. The Bertz CT molecular complexity index is 918. The van der Waals surface area contributed by atoms with Gasteiger partial charge in [-0.1, -0.05) is 23.7 Å². The smallest absolute Gasteiger partial charge is 0.255 e. The first-order valence-corrected chi connectivity index (χ1v) is 8.97. The Morgan fingerprint density at radius 1 is 0.857 bits per heavy atom. The molecule has 3 aromatic rings. The topological polar surface area (TPSA) is 56.8 Å². The van der Waals surface area contributed by atoms with Crippen LogP contribution in [0.2, 0.25) is 5.02 Å². The summed E-state index contributed by atoms with van der Waals surface area (Å²) in [5, 5.41) is 3.54. The molecule has 3 aromatic carbocycles. The minimum absolute atomic E-state index is 0.257. The van der Waals surface area contributed by atoms with Crippen molar-refractivity contribution in [2.24, 2.45) is 0 Å². The lowest BCUT2D eigenvalue weighted by molar-refractivity contribution is 0.102. The van der Waals surface area contributed by atoms with Crippen LogP contribution >= 0.6 is 11.6 Å². The highest BCUT2D eigenvalue weighted by atomic mass is 35.5. The third-order valence-electron chi connectivity index (χ3n) is 4.04. The van der Waals surface area contributed by atoms with Gasteiger partial charge in [-0.05, 0) is 54.1 Å². The fourth-order valence-electron chi connectivity index (χ4n) is 2.52. The minimum atomic E-state index is -0.257. The highest BCUT2D eigenvalue weighted by Crippen LogP contribution is 2.24. The summed E-state index contributed by atoms with van der Waals surface area (Å²) in [7, 11) is 3.08. The predicted molar refractivity (Wildman–Crippen MR) is 110 cm³/mol. The number of anilines is 1. The van der Waals surface area contributed by atoms with Crippen molar-refractivity contribution in [3.05, 3.63) is 82.9 Å². The molecule has 28 heavy (non-hydrogen) atoms. The number of methoxy groups -OCH3 is 2. The Balaban J connectivity index is 1.62. The Morgan fingerprint density at radius 3 is 2.04 bits per heavy atom. The molecule has 0 fully saturated rings. The maximum atomic E-state index is 12.5. The second kappa shape index (κ2) is 9.15. The second-order valence-corrected chi connectivity index (χ2v) is 6.43. The Labute approximate surface area is 168 Å². The highest BCUT2D eigenvalue weighted by molar-refractivity contribution is 6.30. The molecule has 1 N–H and O–H groups in total. The molecule has 0 radical (unpaired) electrons. The van der Waals surface area contributed by atoms with Crippen LogP contribution in [0.5, 0.6) is 17.2 Å². The van der Waals surface area contributed by atoms with Gasteiger partial charge in [0.15, 0.2) is 0 Å². The lowest BCUT2D eigenvalue weighted by Crippen LogP contribution is -2.12. The summed E-state index contributed by atoms with van der Waals surface area (Å²) in [6.07, 6.45) is 0. The SMILES string of the molecule is COc1cc(OC)cc(C(=O)Nc2ccc(OCc3ccc(Cl)cc3)cc2)c1. The van der Waals surface area contributed by atoms with Crippen LogP contribution in [0.1, 0.15) is 15.9 Å². The van der Waals surface area contributed by atoms with E-state index in [1.54, 1.807) is 56.7 Å². The molecule has 1 amide bonds. The van der Waals surface area contributed by atoms with Crippen LogP contribution in [0, 0.1) is 0 Å². The van der Waals surface area contributed by atoms with Crippen molar-refractivity contribution in [2.45, 2.75) is 6.61 Å². The number of nitrogens with one attached hydrogen (secondary N) is 1. The molecule has 0 aliphatic heterocycles. The molecule has 0 aliphatic carbocycles. The summed E-state index contributed by atoms with van der Waals surface area (Å²) < 4.78 is 16.1. The maximum absolute atomic E-state index is 12.5. The average molecular weight is 398 g/mol. The number of halogens is 1. The normalized spacial score (nSPS) is 10.2. The van der Waals surface area contributed by atoms with E-state index in [9.17, 15) is 4.79 Å². The van der Waals surface area contributed by atoms with Gasteiger partial charge in [0.2, 0.25) is 0 Å². The van der Waals surface area contributed by atoms with Crippen LogP contribution < -0.4 is 19.5 Å². The first-order chi connectivity index (χ1) is 13.6. The quantitative estimate of drug-likeness (QED) is 0.596. The lowest BCUT2D eigenvalue weighted by Gasteiger charge is -2.10. The average Bonchev–Trinajstić information content (AvgIpc) is 2.74. The van der Waals surface area contributed by atoms with Crippen molar-refractivity contribution in [3.63, 3.8) is 0 Å². The van der Waals surface area contributed by atoms with Crippen LogP contribution in [0.15, 0.2) is 66.7 Å². The molecule has 0 aliphatic rings. The molecule has 0 saturated carbocycles. The number of amides is 1. The van der Waals surface area contributed by atoms with Crippen LogP contribution in [0.25, 0.3) is 0 Å². The summed E-state index contributed by atoms with van der Waals surface area (Å²) >= 11 is 5.88. The third-order valence-corrected chi connectivity index (χ3v) is 4.30. The van der Waals surface area contributed by atoms with Gasteiger partial charge >= 0.3 is 0 Å². The minimum Gasteiger partial charge on any atom is -0.497 e. The third kappa shape index (κ3) is 5.18. The van der Waals surface area contributed by atoms with Crippen LogP contribution in [-0.2, 0) is 6.61 Å². The van der Waals surface area contributed by atoms with E-state index in [2.05, 4.69) is 5.32 Å². The van der Waals surface area contributed by atoms with Gasteiger partial charge < -0.3 is 19.5 Å². The molecule has 0 bridgehead atoms. The van der Waals surface area contributed by atoms with Gasteiger partial charge in [-0.15, -0.1) is 0 Å². The zero-order valence-electron chi connectivity index (χ0n) is 15.6. The summed E-state index contributed by atoms with van der Waals surface area (Å²) in [4.78, 5) is 12.5. The molecule has 0 heterocycles. The zero-order valence-corrected chi connectivity index (χ0v) is 16.3. The van der Waals surface area contributed by atoms with Crippen molar-refractivity contribution in [2.75, 3.05) is 19.5 Å². The van der Waals surface area contributed by atoms with Crippen molar-refractivity contribution in [1.82, 2.24) is 0 Å². The Kier molecular flexibility index (Phi) is 6.40. The number of hydrogen-bond donors (Lipinski definition) is 1. The monoisotopic (exact) mass is 397 g/mol. The molecule has 5 nitrogen and oxygen atoms in total. The fourth-order valence-corrected chi connectivity index (χ4v) is 2.65. The van der Waals surface area contributed by atoms with Gasteiger partial charge in [0.05, 0.1) is 14.2 Å². The summed E-state index contributed by atoms with van der Waals surface area (Å²) in [6, 6.07) is 19.7. The second-order valence-electron chi connectivity index (χ2n) is 5.99. The van der Waals surface area contributed by atoms with Gasteiger partial charge in [0, 0.05) is 22.3 Å². The van der Waals surface area contributed by atoms with Crippen molar-refractivity contribution >= 4 is 23.2 Å². The van der Waals surface area contributed by atoms with E-state index in [1.807, 2.05) is 24.3 Å². The first kappa shape index (κ1) is 19.6. The number of hydrogen-bond acceptors (Lipinski definition) is 4. The van der Waals surface area contributed by atoms with E-state index in [1.165, 1.54) is 0 Å². The molecule has 0 atom stereocenters. The van der Waals surface area contributed by atoms with E-state index >= 15 is 0 Å². The Morgan fingerprint density at radius 2 is 1.46 bits per heavy atom. The van der Waals surface area contributed by atoms with Gasteiger partial charge in [-0.25, -0.2) is 0 Å². The van der Waals surface area contributed by atoms with Gasteiger partial charge in [0.25, 0.3) is 5.91 Å². The highest BCUT2D eigenvalue weighted by Gasteiger charge is 2.10. The molecular formula is C22H20ClNO4. The largest absolute Gasteiger partial charge is 0.497 e. The maximum Gasteiger partial charge on any atom is 0.255 e. The summed E-state index contributed by atoms with van der Waals surface area (Å²) in [5.41, 5.74) is 2.12. The number of carbonyl (C=O) groups is 1. The lowest BCUT2D eigenvalue weighted by atomic mass is 10.1. The zero-order chi connectivity index (χ0) is 19.9. The van der Waals surface area contributed by atoms with E-state index in [-0.39, 0.29) is 5.91 Å². The molecule has 144 valence electrons. The molecule has 3 rings (SSSR count). The van der Waals surface area contributed by atoms with Gasteiger partial charge in [-0.3, -0.25) is 4.79 Å². The van der Waals surface area contributed by atoms with Crippen molar-refractivity contribution in [3.8, 4) is 17.2 Å². The van der Waals surface area contributed by atoms with E-state index in [0.29, 0.717) is 40.1 Å². The van der Waals surface area contributed by atoms with Crippen molar-refractivity contribution in [1.29, 1.82) is 0 Å². The molecule has 0 aromatic heterocycles. The number of rotatable bonds is 7.